The van der Waals surface area contributed by atoms with E-state index in [-0.39, 0.29) is 11.4 Å². The number of furan rings is 1. The van der Waals surface area contributed by atoms with E-state index >= 15 is 0 Å². The highest BCUT2D eigenvalue weighted by Crippen LogP contribution is 2.44. The van der Waals surface area contributed by atoms with Crippen LogP contribution in [0.1, 0.15) is 37.9 Å². The van der Waals surface area contributed by atoms with Crippen molar-refractivity contribution < 1.29 is 19.1 Å². The van der Waals surface area contributed by atoms with Gasteiger partial charge in [0, 0.05) is 23.4 Å². The fourth-order valence-corrected chi connectivity index (χ4v) is 4.94. The number of carboxylic acid groups (broad SMARTS) is 1. The summed E-state index contributed by atoms with van der Waals surface area (Å²) in [5, 5.41) is 9.95. The maximum atomic E-state index is 12.9. The van der Waals surface area contributed by atoms with E-state index in [0.29, 0.717) is 30.1 Å². The van der Waals surface area contributed by atoms with Gasteiger partial charge in [-0.1, -0.05) is 54.6 Å². The van der Waals surface area contributed by atoms with Crippen LogP contribution in [0.2, 0.25) is 0 Å². The number of fused-ring (bicyclic) bond motifs is 1. The third-order valence-electron chi connectivity index (χ3n) is 6.35. The maximum Gasteiger partial charge on any atom is 0.334 e. The first kappa shape index (κ1) is 20.2. The molecule has 1 N–H and O–H groups in total. The van der Waals surface area contributed by atoms with Crippen molar-refractivity contribution in [3.05, 3.63) is 83.8 Å². The van der Waals surface area contributed by atoms with Gasteiger partial charge in [0.2, 0.25) is 0 Å². The van der Waals surface area contributed by atoms with E-state index < -0.39 is 17.8 Å². The molecule has 2 aromatic carbocycles. The number of hydrogen-bond acceptors (Lipinski definition) is 4. The van der Waals surface area contributed by atoms with E-state index in [2.05, 4.69) is 4.99 Å². The standard InChI is InChI=1S/C27H23NO4/c1-16-24(27(30)31)26(25-20(28-16)12-7-13-21(25)29)23-15-14-22(32-23)19-11-6-5-10-18(19)17-8-3-2-4-9-17/h2-6,8-11,14-15,25-26H,7,12-13H2,1H3,(H,30,31). The van der Waals surface area contributed by atoms with E-state index in [9.17, 15) is 14.7 Å². The van der Waals surface area contributed by atoms with Gasteiger partial charge >= 0.3 is 5.97 Å². The van der Waals surface area contributed by atoms with Gasteiger partial charge in [-0.3, -0.25) is 9.79 Å². The molecule has 0 amide bonds. The zero-order valence-corrected chi connectivity index (χ0v) is 17.7. The fraction of sp³-hybridized carbons (Fsp3) is 0.222. The number of hydrogen-bond donors (Lipinski definition) is 1. The van der Waals surface area contributed by atoms with Gasteiger partial charge in [-0.15, -0.1) is 0 Å². The van der Waals surface area contributed by atoms with Crippen LogP contribution in [0, 0.1) is 5.92 Å². The van der Waals surface area contributed by atoms with Gasteiger partial charge in [0.25, 0.3) is 0 Å². The number of carboxylic acids is 1. The van der Waals surface area contributed by atoms with Crippen molar-refractivity contribution in [3.8, 4) is 22.5 Å². The third kappa shape index (κ3) is 3.40. The van der Waals surface area contributed by atoms with Crippen LogP contribution in [0.5, 0.6) is 0 Å². The quantitative estimate of drug-likeness (QED) is 0.566. The summed E-state index contributed by atoms with van der Waals surface area (Å²) in [5.41, 5.74) is 4.38. The number of Topliss-reactive ketones (excluding diaryl/α,β-unsaturated/α-hetero) is 1. The van der Waals surface area contributed by atoms with Crippen molar-refractivity contribution in [2.75, 3.05) is 0 Å². The van der Waals surface area contributed by atoms with Gasteiger partial charge in [0.05, 0.1) is 17.4 Å². The number of rotatable bonds is 4. The minimum absolute atomic E-state index is 0.0360. The molecule has 5 rings (SSSR count). The van der Waals surface area contributed by atoms with Crippen LogP contribution < -0.4 is 0 Å². The Kier molecular flexibility index (Phi) is 5.10. The van der Waals surface area contributed by atoms with Crippen molar-refractivity contribution >= 4 is 17.5 Å². The lowest BCUT2D eigenvalue weighted by atomic mass is 9.71. The van der Waals surface area contributed by atoms with E-state index in [1.165, 1.54) is 0 Å². The Morgan fingerprint density at radius 1 is 0.938 bits per heavy atom. The normalized spacial score (nSPS) is 20.7. The van der Waals surface area contributed by atoms with Gasteiger partial charge in [-0.2, -0.15) is 0 Å². The summed E-state index contributed by atoms with van der Waals surface area (Å²) in [7, 11) is 0. The molecule has 160 valence electrons. The Morgan fingerprint density at radius 3 is 2.41 bits per heavy atom. The molecule has 0 bridgehead atoms. The number of benzene rings is 2. The molecule has 5 heteroatoms. The first-order chi connectivity index (χ1) is 15.5. The van der Waals surface area contributed by atoms with Crippen LogP contribution in [-0.2, 0) is 9.59 Å². The Labute approximate surface area is 186 Å². The molecule has 5 nitrogen and oxygen atoms in total. The molecule has 1 aliphatic heterocycles. The SMILES string of the molecule is CC1=C(C(=O)O)C(c2ccc(-c3ccccc3-c3ccccc3)o2)C2C(=O)CCCC2=N1. The van der Waals surface area contributed by atoms with E-state index in [1.807, 2.05) is 66.7 Å². The first-order valence-electron chi connectivity index (χ1n) is 10.8. The number of nitrogens with zero attached hydrogens (tertiary/aromatic N) is 1. The lowest BCUT2D eigenvalue weighted by Gasteiger charge is -2.33. The van der Waals surface area contributed by atoms with Crippen LogP contribution in [-0.4, -0.2) is 22.6 Å². The summed E-state index contributed by atoms with van der Waals surface area (Å²) in [6.45, 7) is 1.70. The molecular weight excluding hydrogens is 402 g/mol. The highest BCUT2D eigenvalue weighted by atomic mass is 16.4. The van der Waals surface area contributed by atoms with Crippen molar-refractivity contribution in [3.63, 3.8) is 0 Å². The molecule has 2 aliphatic rings. The Morgan fingerprint density at radius 2 is 1.66 bits per heavy atom. The molecule has 1 fully saturated rings. The second kappa shape index (κ2) is 8.08. The minimum Gasteiger partial charge on any atom is -0.478 e. The first-order valence-corrected chi connectivity index (χ1v) is 10.8. The number of aliphatic imine (C=N–C) groups is 1. The molecule has 32 heavy (non-hydrogen) atoms. The monoisotopic (exact) mass is 425 g/mol. The van der Waals surface area contributed by atoms with Crippen molar-refractivity contribution in [2.24, 2.45) is 10.9 Å². The van der Waals surface area contributed by atoms with Crippen molar-refractivity contribution in [2.45, 2.75) is 32.1 Å². The molecule has 0 saturated heterocycles. The van der Waals surface area contributed by atoms with Crippen LogP contribution in [0.4, 0.5) is 0 Å². The van der Waals surface area contributed by atoms with E-state index in [4.69, 9.17) is 4.42 Å². The highest BCUT2D eigenvalue weighted by molar-refractivity contribution is 6.11. The smallest absolute Gasteiger partial charge is 0.334 e. The van der Waals surface area contributed by atoms with Gasteiger partial charge in [-0.05, 0) is 43.0 Å². The lowest BCUT2D eigenvalue weighted by Crippen LogP contribution is -2.38. The minimum atomic E-state index is -1.06. The third-order valence-corrected chi connectivity index (χ3v) is 6.35. The zero-order valence-electron chi connectivity index (χ0n) is 17.7. The Balaban J connectivity index is 1.61. The number of carbonyl (C=O) groups excluding carboxylic acids is 1. The second-order valence-corrected chi connectivity index (χ2v) is 8.30. The predicted octanol–water partition coefficient (Wildman–Crippen LogP) is 5.88. The molecular formula is C27H23NO4. The van der Waals surface area contributed by atoms with E-state index in [1.54, 1.807) is 6.92 Å². The molecule has 1 aromatic heterocycles. The summed E-state index contributed by atoms with van der Waals surface area (Å²) in [5.74, 6) is -1.11. The summed E-state index contributed by atoms with van der Waals surface area (Å²) in [6, 6.07) is 21.7. The largest absolute Gasteiger partial charge is 0.478 e. The summed E-state index contributed by atoms with van der Waals surface area (Å²) in [6.07, 6.45) is 1.91. The molecule has 1 aliphatic carbocycles. The maximum absolute atomic E-state index is 12.9. The number of ketones is 1. The van der Waals surface area contributed by atoms with Crippen LogP contribution in [0.3, 0.4) is 0 Å². The molecule has 3 aromatic rings. The van der Waals surface area contributed by atoms with Gasteiger partial charge in [0.15, 0.2) is 0 Å². The highest BCUT2D eigenvalue weighted by Gasteiger charge is 2.44. The second-order valence-electron chi connectivity index (χ2n) is 8.30. The predicted molar refractivity (Wildman–Crippen MR) is 122 cm³/mol. The molecule has 0 radical (unpaired) electrons. The lowest BCUT2D eigenvalue weighted by molar-refractivity contribution is -0.133. The molecule has 2 heterocycles. The molecule has 1 saturated carbocycles. The van der Waals surface area contributed by atoms with Crippen LogP contribution in [0.15, 0.2) is 87.4 Å². The number of carbonyl (C=O) groups is 2. The van der Waals surface area contributed by atoms with Gasteiger partial charge in [-0.25, -0.2) is 4.79 Å². The summed E-state index contributed by atoms with van der Waals surface area (Å²) >= 11 is 0. The summed E-state index contributed by atoms with van der Waals surface area (Å²) in [4.78, 5) is 29.5. The van der Waals surface area contributed by atoms with Crippen LogP contribution in [0.25, 0.3) is 22.5 Å². The van der Waals surface area contributed by atoms with Gasteiger partial charge < -0.3 is 9.52 Å². The fourth-order valence-electron chi connectivity index (χ4n) is 4.94. The zero-order chi connectivity index (χ0) is 22.2. The van der Waals surface area contributed by atoms with Crippen LogP contribution >= 0.6 is 0 Å². The number of aliphatic carboxylic acids is 1. The summed E-state index contributed by atoms with van der Waals surface area (Å²) < 4.78 is 6.29. The Hall–Kier alpha value is -3.73. The molecule has 0 spiro atoms. The topological polar surface area (TPSA) is 79.9 Å². The number of allylic oxidation sites excluding steroid dienone is 1. The van der Waals surface area contributed by atoms with Crippen molar-refractivity contribution in [1.82, 2.24) is 0 Å². The average Bonchev–Trinajstić information content (AvgIpc) is 3.28. The van der Waals surface area contributed by atoms with Gasteiger partial charge in [0.1, 0.15) is 17.3 Å². The average molecular weight is 425 g/mol. The Bertz CT molecular complexity index is 1270. The molecule has 2 atom stereocenters. The van der Waals surface area contributed by atoms with E-state index in [0.717, 1.165) is 28.8 Å². The molecule has 2 unspecified atom stereocenters. The van der Waals surface area contributed by atoms with Crippen molar-refractivity contribution in [1.29, 1.82) is 0 Å².